The van der Waals surface area contributed by atoms with Gasteiger partial charge in [-0.25, -0.2) is 15.0 Å². The van der Waals surface area contributed by atoms with Gasteiger partial charge in [0.2, 0.25) is 5.95 Å². The third-order valence-corrected chi connectivity index (χ3v) is 4.40. The predicted molar refractivity (Wildman–Crippen MR) is 96.6 cm³/mol. The first-order valence-corrected chi connectivity index (χ1v) is 9.07. The highest BCUT2D eigenvalue weighted by Gasteiger charge is 2.16. The van der Waals surface area contributed by atoms with Crippen molar-refractivity contribution in [1.82, 2.24) is 24.8 Å². The van der Waals surface area contributed by atoms with Crippen LogP contribution in [0.1, 0.15) is 48.3 Å². The summed E-state index contributed by atoms with van der Waals surface area (Å²) >= 11 is 0. The number of carbonyl (C=O) groups excluding carboxylic acids is 1. The molecule has 0 saturated carbocycles. The van der Waals surface area contributed by atoms with Gasteiger partial charge < -0.3 is 14.8 Å². The summed E-state index contributed by atoms with van der Waals surface area (Å²) < 4.78 is 2.00. The zero-order chi connectivity index (χ0) is 17.5. The van der Waals surface area contributed by atoms with Crippen LogP contribution >= 0.6 is 0 Å². The molecule has 0 bridgehead atoms. The monoisotopic (exact) mass is 342 g/mol. The molecule has 0 aliphatic carbocycles. The second-order valence-electron chi connectivity index (χ2n) is 6.51. The second kappa shape index (κ2) is 8.60. The third-order valence-electron chi connectivity index (χ3n) is 4.40. The number of nitrogens with zero attached hydrogens (tertiary/aromatic N) is 5. The van der Waals surface area contributed by atoms with Gasteiger partial charge in [-0.1, -0.05) is 12.8 Å². The van der Waals surface area contributed by atoms with Crippen molar-refractivity contribution < 1.29 is 4.79 Å². The minimum absolute atomic E-state index is 0.132. The molecule has 7 nitrogen and oxygen atoms in total. The highest BCUT2D eigenvalue weighted by atomic mass is 16.1. The van der Waals surface area contributed by atoms with Crippen LogP contribution in [0.4, 0.5) is 5.95 Å². The zero-order valence-electron chi connectivity index (χ0n) is 14.8. The van der Waals surface area contributed by atoms with E-state index in [4.69, 9.17) is 0 Å². The van der Waals surface area contributed by atoms with E-state index < -0.39 is 0 Å². The first-order valence-electron chi connectivity index (χ1n) is 9.07. The Morgan fingerprint density at radius 3 is 2.72 bits per heavy atom. The number of rotatable bonds is 6. The lowest BCUT2D eigenvalue weighted by molar-refractivity contribution is 0.0947. The van der Waals surface area contributed by atoms with Crippen LogP contribution in [0, 0.1) is 6.92 Å². The summed E-state index contributed by atoms with van der Waals surface area (Å²) in [5.41, 5.74) is 1.28. The zero-order valence-corrected chi connectivity index (χ0v) is 14.8. The van der Waals surface area contributed by atoms with Crippen molar-refractivity contribution in [1.29, 1.82) is 0 Å². The molecule has 0 aromatic carbocycles. The van der Waals surface area contributed by atoms with Crippen LogP contribution in [0.2, 0.25) is 0 Å². The lowest BCUT2D eigenvalue weighted by Gasteiger charge is -2.21. The van der Waals surface area contributed by atoms with Crippen molar-refractivity contribution >= 4 is 11.9 Å². The number of nitrogens with one attached hydrogen (secondary N) is 1. The molecule has 0 unspecified atom stereocenters. The Hall–Kier alpha value is -2.44. The Morgan fingerprint density at radius 2 is 2.00 bits per heavy atom. The van der Waals surface area contributed by atoms with Gasteiger partial charge in [0.15, 0.2) is 0 Å². The molecular formula is C18H26N6O. The number of hydrogen-bond acceptors (Lipinski definition) is 5. The number of anilines is 1. The predicted octanol–water partition coefficient (Wildman–Crippen LogP) is 2.18. The summed E-state index contributed by atoms with van der Waals surface area (Å²) in [7, 11) is 0. The van der Waals surface area contributed by atoms with Gasteiger partial charge in [0.05, 0.1) is 6.33 Å². The van der Waals surface area contributed by atoms with Crippen molar-refractivity contribution in [3.05, 3.63) is 36.2 Å². The third kappa shape index (κ3) is 5.01. The number of amides is 1. The van der Waals surface area contributed by atoms with E-state index in [-0.39, 0.29) is 5.91 Å². The van der Waals surface area contributed by atoms with Gasteiger partial charge >= 0.3 is 0 Å². The van der Waals surface area contributed by atoms with E-state index in [0.29, 0.717) is 18.2 Å². The number of aromatic nitrogens is 4. The molecule has 2 aromatic rings. The SMILES string of the molecule is Cc1cc(C(=O)NCCCn2ccnc2)nc(N2CCCCCC2)n1. The highest BCUT2D eigenvalue weighted by Crippen LogP contribution is 2.16. The van der Waals surface area contributed by atoms with Crippen molar-refractivity contribution in [2.45, 2.75) is 45.6 Å². The first kappa shape index (κ1) is 17.4. The number of aryl methyl sites for hydroxylation is 2. The summed E-state index contributed by atoms with van der Waals surface area (Å²) in [6.07, 6.45) is 11.1. The van der Waals surface area contributed by atoms with Gasteiger partial charge in [0, 0.05) is 44.3 Å². The topological polar surface area (TPSA) is 75.9 Å². The van der Waals surface area contributed by atoms with Gasteiger partial charge in [0.25, 0.3) is 5.91 Å². The van der Waals surface area contributed by atoms with E-state index in [1.807, 2.05) is 17.7 Å². The molecule has 3 rings (SSSR count). The van der Waals surface area contributed by atoms with Crippen molar-refractivity contribution in [3.8, 4) is 0 Å². The van der Waals surface area contributed by atoms with Crippen LogP contribution in [0.5, 0.6) is 0 Å². The molecule has 134 valence electrons. The largest absolute Gasteiger partial charge is 0.351 e. The van der Waals surface area contributed by atoms with Crippen LogP contribution in [0.15, 0.2) is 24.8 Å². The molecule has 1 saturated heterocycles. The van der Waals surface area contributed by atoms with Crippen LogP contribution in [0.25, 0.3) is 0 Å². The van der Waals surface area contributed by atoms with Gasteiger partial charge in [0.1, 0.15) is 5.69 Å². The molecule has 1 fully saturated rings. The number of hydrogen-bond donors (Lipinski definition) is 1. The van der Waals surface area contributed by atoms with Gasteiger partial charge in [-0.3, -0.25) is 4.79 Å². The minimum atomic E-state index is -0.132. The number of imidazole rings is 1. The van der Waals surface area contributed by atoms with E-state index in [9.17, 15) is 4.79 Å². The molecule has 1 N–H and O–H groups in total. The van der Waals surface area contributed by atoms with E-state index in [0.717, 1.165) is 44.6 Å². The Labute approximate surface area is 148 Å². The van der Waals surface area contributed by atoms with Crippen LogP contribution in [-0.4, -0.2) is 45.1 Å². The minimum Gasteiger partial charge on any atom is -0.351 e. The first-order chi connectivity index (χ1) is 12.2. The molecule has 2 aromatic heterocycles. The Balaban J connectivity index is 1.57. The van der Waals surface area contributed by atoms with Crippen LogP contribution in [-0.2, 0) is 6.54 Å². The number of carbonyl (C=O) groups is 1. The van der Waals surface area contributed by atoms with Gasteiger partial charge in [-0.05, 0) is 32.3 Å². The molecule has 0 spiro atoms. The summed E-state index contributed by atoms with van der Waals surface area (Å²) in [6.45, 7) is 5.30. The molecule has 0 radical (unpaired) electrons. The van der Waals surface area contributed by atoms with Crippen LogP contribution in [0.3, 0.4) is 0 Å². The van der Waals surface area contributed by atoms with Gasteiger partial charge in [-0.2, -0.15) is 0 Å². The van der Waals surface area contributed by atoms with Crippen LogP contribution < -0.4 is 10.2 Å². The Bertz CT molecular complexity index is 677. The fraction of sp³-hybridized carbons (Fsp3) is 0.556. The maximum Gasteiger partial charge on any atom is 0.270 e. The highest BCUT2D eigenvalue weighted by molar-refractivity contribution is 5.92. The lowest BCUT2D eigenvalue weighted by Crippen LogP contribution is -2.29. The Morgan fingerprint density at radius 1 is 1.20 bits per heavy atom. The lowest BCUT2D eigenvalue weighted by atomic mass is 10.2. The molecule has 3 heterocycles. The van der Waals surface area contributed by atoms with Crippen molar-refractivity contribution in [3.63, 3.8) is 0 Å². The van der Waals surface area contributed by atoms with E-state index in [1.54, 1.807) is 18.6 Å². The molecular weight excluding hydrogens is 316 g/mol. The maximum absolute atomic E-state index is 12.4. The molecule has 1 aliphatic rings. The molecule has 1 aliphatic heterocycles. The van der Waals surface area contributed by atoms with Crippen molar-refractivity contribution in [2.75, 3.05) is 24.5 Å². The molecule has 0 atom stereocenters. The summed E-state index contributed by atoms with van der Waals surface area (Å²) in [5.74, 6) is 0.553. The molecule has 7 heteroatoms. The molecule has 25 heavy (non-hydrogen) atoms. The van der Waals surface area contributed by atoms with E-state index >= 15 is 0 Å². The Kier molecular flexibility index (Phi) is 5.98. The standard InChI is InChI=1S/C18H26N6O/c1-15-13-16(17(25)20-7-6-9-23-12-8-19-14-23)22-18(21-15)24-10-4-2-3-5-11-24/h8,12-14H,2-7,9-11H2,1H3,(H,20,25). The van der Waals surface area contributed by atoms with E-state index in [2.05, 4.69) is 25.2 Å². The fourth-order valence-electron chi connectivity index (χ4n) is 3.05. The summed E-state index contributed by atoms with van der Waals surface area (Å²) in [4.78, 5) is 27.7. The normalized spacial score (nSPS) is 15.0. The average molecular weight is 342 g/mol. The maximum atomic E-state index is 12.4. The van der Waals surface area contributed by atoms with Gasteiger partial charge in [-0.15, -0.1) is 0 Å². The smallest absolute Gasteiger partial charge is 0.270 e. The van der Waals surface area contributed by atoms with Crippen molar-refractivity contribution in [2.24, 2.45) is 0 Å². The second-order valence-corrected chi connectivity index (χ2v) is 6.51. The summed E-state index contributed by atoms with van der Waals surface area (Å²) in [6, 6.07) is 1.76. The van der Waals surface area contributed by atoms with E-state index in [1.165, 1.54) is 12.8 Å². The quantitative estimate of drug-likeness (QED) is 0.814. The molecule has 1 amide bonds. The summed E-state index contributed by atoms with van der Waals surface area (Å²) in [5, 5.41) is 2.95. The fourth-order valence-corrected chi connectivity index (χ4v) is 3.05. The average Bonchev–Trinajstić information content (AvgIpc) is 2.98.